The molecular weight excluding hydrogens is 354 g/mol. The highest BCUT2D eigenvalue weighted by molar-refractivity contribution is 7.11. The van der Waals surface area contributed by atoms with Gasteiger partial charge in [-0.3, -0.25) is 19.0 Å². The summed E-state index contributed by atoms with van der Waals surface area (Å²) in [6, 6.07) is 7.11. The van der Waals surface area contributed by atoms with Gasteiger partial charge in [-0.05, 0) is 24.6 Å². The van der Waals surface area contributed by atoms with Gasteiger partial charge in [0.25, 0.3) is 11.8 Å². The van der Waals surface area contributed by atoms with Gasteiger partial charge < -0.3 is 15.0 Å². The number of carbonyl (C=O) groups excluding carboxylic acids is 2. The predicted octanol–water partition coefficient (Wildman–Crippen LogP) is 1.34. The molecule has 7 nitrogen and oxygen atoms in total. The first-order valence-electron chi connectivity index (χ1n) is 8.13. The third kappa shape index (κ3) is 4.59. The number of amides is 2. The van der Waals surface area contributed by atoms with E-state index in [1.165, 1.54) is 4.90 Å². The number of methoxy groups -OCH3 is 1. The van der Waals surface area contributed by atoms with Crippen LogP contribution in [0.3, 0.4) is 0 Å². The average Bonchev–Trinajstić information content (AvgIpc) is 2.90. The van der Waals surface area contributed by atoms with Crippen molar-refractivity contribution >= 4 is 23.2 Å². The fraction of sp³-hybridized carbons (Fsp3) is 0.389. The number of hydrogen-bond acceptors (Lipinski definition) is 5. The number of benzene rings is 1. The third-order valence-electron chi connectivity index (χ3n) is 3.89. The SMILES string of the molecule is COCCNC(=O)c1sc(=O)n(Cc2ccc(C(=O)N(C)C)cc2)c1C. The molecule has 0 saturated carbocycles. The van der Waals surface area contributed by atoms with Crippen LogP contribution in [0.1, 0.15) is 31.3 Å². The molecule has 0 atom stereocenters. The second-order valence-corrected chi connectivity index (χ2v) is 6.98. The van der Waals surface area contributed by atoms with Crippen LogP contribution in [0, 0.1) is 6.92 Å². The lowest BCUT2D eigenvalue weighted by molar-refractivity contribution is 0.0827. The summed E-state index contributed by atoms with van der Waals surface area (Å²) in [6.45, 7) is 2.91. The van der Waals surface area contributed by atoms with E-state index in [9.17, 15) is 14.4 Å². The smallest absolute Gasteiger partial charge is 0.308 e. The van der Waals surface area contributed by atoms with Crippen LogP contribution in [0.4, 0.5) is 0 Å². The van der Waals surface area contributed by atoms with Gasteiger partial charge in [0.1, 0.15) is 4.88 Å². The molecule has 1 aromatic carbocycles. The van der Waals surface area contributed by atoms with E-state index in [0.717, 1.165) is 16.9 Å². The Labute approximate surface area is 156 Å². The van der Waals surface area contributed by atoms with E-state index in [2.05, 4.69) is 5.32 Å². The maximum atomic E-state index is 12.3. The number of hydrogen-bond donors (Lipinski definition) is 1. The van der Waals surface area contributed by atoms with E-state index in [4.69, 9.17) is 4.74 Å². The van der Waals surface area contributed by atoms with Gasteiger partial charge in [-0.2, -0.15) is 0 Å². The molecule has 0 radical (unpaired) electrons. The lowest BCUT2D eigenvalue weighted by Gasteiger charge is -2.11. The zero-order chi connectivity index (χ0) is 19.3. The zero-order valence-electron chi connectivity index (χ0n) is 15.4. The molecule has 0 spiro atoms. The van der Waals surface area contributed by atoms with Crippen LogP contribution in [0.5, 0.6) is 0 Å². The molecule has 0 aliphatic carbocycles. The number of thiazole rings is 1. The largest absolute Gasteiger partial charge is 0.383 e. The summed E-state index contributed by atoms with van der Waals surface area (Å²) in [6.07, 6.45) is 0. The van der Waals surface area contributed by atoms with Crippen molar-refractivity contribution in [2.75, 3.05) is 34.4 Å². The van der Waals surface area contributed by atoms with E-state index >= 15 is 0 Å². The predicted molar refractivity (Wildman–Crippen MR) is 101 cm³/mol. The van der Waals surface area contributed by atoms with Gasteiger partial charge in [0.2, 0.25) is 0 Å². The molecule has 2 amide bonds. The summed E-state index contributed by atoms with van der Waals surface area (Å²) < 4.78 is 6.47. The molecule has 140 valence electrons. The van der Waals surface area contributed by atoms with Crippen molar-refractivity contribution in [2.45, 2.75) is 13.5 Å². The minimum atomic E-state index is -0.271. The van der Waals surface area contributed by atoms with Crippen LogP contribution < -0.4 is 10.2 Å². The van der Waals surface area contributed by atoms with Crippen molar-refractivity contribution in [1.29, 1.82) is 0 Å². The van der Waals surface area contributed by atoms with Gasteiger partial charge >= 0.3 is 4.87 Å². The molecule has 0 aliphatic rings. The zero-order valence-corrected chi connectivity index (χ0v) is 16.2. The van der Waals surface area contributed by atoms with Crippen LogP contribution in [0.2, 0.25) is 0 Å². The minimum absolute atomic E-state index is 0.0737. The summed E-state index contributed by atoms with van der Waals surface area (Å²) in [5.41, 5.74) is 2.10. The Kier molecular flexibility index (Phi) is 6.70. The van der Waals surface area contributed by atoms with Crippen molar-refractivity contribution in [3.8, 4) is 0 Å². The molecule has 2 rings (SSSR count). The molecule has 0 bridgehead atoms. The van der Waals surface area contributed by atoms with E-state index in [1.807, 2.05) is 12.1 Å². The summed E-state index contributed by atoms with van der Waals surface area (Å²) in [7, 11) is 4.96. The fourth-order valence-electron chi connectivity index (χ4n) is 2.41. The summed E-state index contributed by atoms with van der Waals surface area (Å²) in [4.78, 5) is 38.1. The standard InChI is InChI=1S/C18H23N3O4S/c1-12-15(16(22)19-9-10-25-4)26-18(24)21(12)11-13-5-7-14(8-6-13)17(23)20(2)3/h5-8H,9-11H2,1-4H3,(H,19,22). The van der Waals surface area contributed by atoms with Crippen LogP contribution in [0.25, 0.3) is 0 Å². The van der Waals surface area contributed by atoms with Gasteiger partial charge in [-0.25, -0.2) is 0 Å². The summed E-state index contributed by atoms with van der Waals surface area (Å²) in [5, 5.41) is 2.73. The number of nitrogens with one attached hydrogen (secondary N) is 1. The van der Waals surface area contributed by atoms with Crippen LogP contribution >= 0.6 is 11.3 Å². The first-order valence-corrected chi connectivity index (χ1v) is 8.94. The second-order valence-electron chi connectivity index (χ2n) is 6.01. The number of carbonyl (C=O) groups is 2. The Morgan fingerprint density at radius 3 is 2.46 bits per heavy atom. The van der Waals surface area contributed by atoms with Gasteiger partial charge in [0.05, 0.1) is 13.2 Å². The van der Waals surface area contributed by atoms with Crippen molar-refractivity contribution in [3.63, 3.8) is 0 Å². The Bertz CT molecular complexity index is 837. The number of nitrogens with zero attached hydrogens (tertiary/aromatic N) is 2. The van der Waals surface area contributed by atoms with Crippen molar-refractivity contribution in [3.05, 3.63) is 55.6 Å². The molecule has 1 heterocycles. The molecule has 0 saturated heterocycles. The fourth-order valence-corrected chi connectivity index (χ4v) is 3.32. The Morgan fingerprint density at radius 2 is 1.88 bits per heavy atom. The number of rotatable bonds is 7. The van der Waals surface area contributed by atoms with Crippen LogP contribution in [0.15, 0.2) is 29.1 Å². The lowest BCUT2D eigenvalue weighted by Crippen LogP contribution is -2.27. The highest BCUT2D eigenvalue weighted by atomic mass is 32.1. The van der Waals surface area contributed by atoms with Crippen molar-refractivity contribution in [2.24, 2.45) is 0 Å². The van der Waals surface area contributed by atoms with Crippen molar-refractivity contribution in [1.82, 2.24) is 14.8 Å². The summed E-state index contributed by atoms with van der Waals surface area (Å²) >= 11 is 0.932. The van der Waals surface area contributed by atoms with E-state index in [0.29, 0.717) is 35.8 Å². The van der Waals surface area contributed by atoms with Crippen LogP contribution in [-0.2, 0) is 11.3 Å². The average molecular weight is 377 g/mol. The van der Waals surface area contributed by atoms with Gasteiger partial charge in [0, 0.05) is 39.0 Å². The van der Waals surface area contributed by atoms with Gasteiger partial charge in [-0.1, -0.05) is 23.5 Å². The normalized spacial score (nSPS) is 10.6. The van der Waals surface area contributed by atoms with E-state index < -0.39 is 0 Å². The number of aromatic nitrogens is 1. The monoisotopic (exact) mass is 377 g/mol. The molecule has 26 heavy (non-hydrogen) atoms. The molecule has 0 aliphatic heterocycles. The molecule has 0 fully saturated rings. The molecule has 1 N–H and O–H groups in total. The molecule has 8 heteroatoms. The first-order chi connectivity index (χ1) is 12.3. The Morgan fingerprint density at radius 1 is 1.23 bits per heavy atom. The maximum Gasteiger partial charge on any atom is 0.308 e. The molecule has 1 aromatic heterocycles. The lowest BCUT2D eigenvalue weighted by atomic mass is 10.1. The highest BCUT2D eigenvalue weighted by Crippen LogP contribution is 2.14. The van der Waals surface area contributed by atoms with E-state index in [-0.39, 0.29) is 16.7 Å². The van der Waals surface area contributed by atoms with E-state index in [1.54, 1.807) is 44.8 Å². The molecular formula is C18H23N3O4S. The second kappa shape index (κ2) is 8.77. The quantitative estimate of drug-likeness (QED) is 0.739. The third-order valence-corrected chi connectivity index (χ3v) is 4.97. The Hall–Kier alpha value is -2.45. The van der Waals surface area contributed by atoms with Crippen LogP contribution in [-0.4, -0.2) is 55.6 Å². The molecule has 2 aromatic rings. The Balaban J connectivity index is 2.16. The first kappa shape index (κ1) is 19.9. The van der Waals surface area contributed by atoms with Gasteiger partial charge in [-0.15, -0.1) is 0 Å². The molecule has 0 unspecified atom stereocenters. The maximum absolute atomic E-state index is 12.3. The van der Waals surface area contributed by atoms with Gasteiger partial charge in [0.15, 0.2) is 0 Å². The summed E-state index contributed by atoms with van der Waals surface area (Å²) in [5.74, 6) is -0.345. The highest BCUT2D eigenvalue weighted by Gasteiger charge is 2.17. The number of ether oxygens (including phenoxy) is 1. The van der Waals surface area contributed by atoms with Crippen molar-refractivity contribution < 1.29 is 14.3 Å². The topological polar surface area (TPSA) is 80.6 Å². The minimum Gasteiger partial charge on any atom is -0.383 e.